The van der Waals surface area contributed by atoms with E-state index in [1.54, 1.807) is 6.07 Å². The van der Waals surface area contributed by atoms with E-state index in [0.717, 1.165) is 6.07 Å². The number of Topliss-reactive ketones (excluding diaryl/α,β-unsaturated/α-hetero) is 1. The first-order valence-electron chi connectivity index (χ1n) is 9.26. The number of halogens is 4. The molecule has 0 unspecified atom stereocenters. The van der Waals surface area contributed by atoms with Gasteiger partial charge < -0.3 is 10.5 Å². The molecule has 2 aromatic rings. The minimum atomic E-state index is -2.48. The van der Waals surface area contributed by atoms with Crippen LogP contribution in [0.1, 0.15) is 34.5 Å². The van der Waals surface area contributed by atoms with E-state index in [1.807, 2.05) is 0 Å². The molecule has 3 rings (SSSR count). The summed E-state index contributed by atoms with van der Waals surface area (Å²) in [5.74, 6) is -1.31. The highest BCUT2D eigenvalue weighted by Crippen LogP contribution is 2.41. The van der Waals surface area contributed by atoms with Crippen LogP contribution in [0.3, 0.4) is 0 Å². The number of alkyl halides is 3. The lowest BCUT2D eigenvalue weighted by Crippen LogP contribution is -2.50. The van der Waals surface area contributed by atoms with Crippen molar-refractivity contribution in [1.29, 1.82) is 0 Å². The highest BCUT2D eigenvalue weighted by Gasteiger charge is 2.47. The van der Waals surface area contributed by atoms with Crippen LogP contribution in [0.2, 0.25) is 0 Å². The average Bonchev–Trinajstić information content (AvgIpc) is 2.77. The van der Waals surface area contributed by atoms with Crippen molar-refractivity contribution < 1.29 is 27.1 Å². The largest absolute Gasteiger partial charge is 0.495 e. The molecule has 2 N–H and O–H groups in total. The van der Waals surface area contributed by atoms with Crippen molar-refractivity contribution in [2.24, 2.45) is 10.7 Å². The van der Waals surface area contributed by atoms with Crippen LogP contribution in [0, 0.1) is 5.82 Å². The zero-order valence-electron chi connectivity index (χ0n) is 16.3. The predicted octanol–water partition coefficient (Wildman–Crippen LogP) is 3.65. The molecule has 0 aliphatic carbocycles. The van der Waals surface area contributed by atoms with E-state index in [4.69, 9.17) is 10.5 Å². The number of nitrogens with two attached hydrogens (primary N) is 1. The van der Waals surface area contributed by atoms with Crippen molar-refractivity contribution in [2.45, 2.75) is 30.5 Å². The van der Waals surface area contributed by atoms with Gasteiger partial charge in [0, 0.05) is 12.0 Å². The van der Waals surface area contributed by atoms with Gasteiger partial charge in [0.25, 0.3) is 0 Å². The van der Waals surface area contributed by atoms with Crippen molar-refractivity contribution in [3.8, 4) is 5.75 Å². The maximum Gasteiger partial charge on any atom is 0.195 e. The number of methoxy groups -OCH3 is 1. The summed E-state index contributed by atoms with van der Waals surface area (Å²) in [5, 5.41) is 0. The SMILES string of the molecule is COc1ccc(C(=O)Cc2ccc(F)c([C@]3(CF)CC[C@](F)(CF)C(N)=N3)c2)nc1. The highest BCUT2D eigenvalue weighted by molar-refractivity contribution is 5.95. The van der Waals surface area contributed by atoms with Crippen LogP contribution >= 0.6 is 0 Å². The standard InChI is InChI=1S/C21H21F4N3O2/c1-30-14-3-5-17(27-10-14)18(29)9-13-2-4-16(24)15(8-13)21(12-23)7-6-20(25,11-22)19(26)28-21/h2-5,8,10H,6-7,9,11-12H2,1H3,(H2,26,28)/t20-,21+/m0/s1. The zero-order valence-corrected chi connectivity index (χ0v) is 16.3. The van der Waals surface area contributed by atoms with Crippen LogP contribution in [0.15, 0.2) is 41.5 Å². The number of nitrogens with zero attached hydrogens (tertiary/aromatic N) is 2. The number of carbonyl (C=O) groups is 1. The predicted molar refractivity (Wildman–Crippen MR) is 104 cm³/mol. The van der Waals surface area contributed by atoms with Gasteiger partial charge in [0.05, 0.1) is 13.3 Å². The molecule has 2 atom stereocenters. The molecule has 1 aromatic heterocycles. The molecule has 0 saturated carbocycles. The van der Waals surface area contributed by atoms with Crippen molar-refractivity contribution in [3.63, 3.8) is 0 Å². The molecule has 0 saturated heterocycles. The smallest absolute Gasteiger partial charge is 0.195 e. The van der Waals surface area contributed by atoms with Crippen molar-refractivity contribution in [2.75, 3.05) is 20.5 Å². The first-order valence-corrected chi connectivity index (χ1v) is 9.26. The van der Waals surface area contributed by atoms with E-state index >= 15 is 0 Å². The van der Waals surface area contributed by atoms with Crippen molar-refractivity contribution >= 4 is 11.6 Å². The Hall–Kier alpha value is -2.97. The molecule has 1 aliphatic rings. The maximum absolute atomic E-state index is 14.6. The van der Waals surface area contributed by atoms with Crippen molar-refractivity contribution in [1.82, 2.24) is 4.98 Å². The van der Waals surface area contributed by atoms with Gasteiger partial charge in [-0.2, -0.15) is 0 Å². The van der Waals surface area contributed by atoms with Gasteiger partial charge >= 0.3 is 0 Å². The number of ketones is 1. The second kappa shape index (κ2) is 8.41. The minimum absolute atomic E-state index is 0.119. The first kappa shape index (κ1) is 21.7. The van der Waals surface area contributed by atoms with Crippen LogP contribution in [0.25, 0.3) is 0 Å². The lowest BCUT2D eigenvalue weighted by atomic mass is 9.79. The van der Waals surface area contributed by atoms with Crippen LogP contribution in [-0.2, 0) is 12.0 Å². The fourth-order valence-electron chi connectivity index (χ4n) is 3.40. The lowest BCUT2D eigenvalue weighted by Gasteiger charge is -2.37. The van der Waals surface area contributed by atoms with E-state index in [-0.39, 0.29) is 29.9 Å². The molecule has 30 heavy (non-hydrogen) atoms. The molecule has 0 bridgehead atoms. The normalized spacial score (nSPS) is 23.7. The number of aliphatic imine (C=N–C) groups is 1. The topological polar surface area (TPSA) is 77.6 Å². The van der Waals surface area contributed by atoms with E-state index in [9.17, 15) is 22.4 Å². The molecule has 9 heteroatoms. The summed E-state index contributed by atoms with van der Waals surface area (Å²) in [6, 6.07) is 6.88. The van der Waals surface area contributed by atoms with Crippen LogP contribution in [0.4, 0.5) is 17.6 Å². The Bertz CT molecular complexity index is 967. The summed E-state index contributed by atoms with van der Waals surface area (Å²) in [6.45, 7) is -2.54. The number of hydrogen-bond acceptors (Lipinski definition) is 5. The molecular weight excluding hydrogens is 402 g/mol. The molecule has 0 radical (unpaired) electrons. The number of hydrogen-bond donors (Lipinski definition) is 1. The lowest BCUT2D eigenvalue weighted by molar-refractivity contribution is 0.0988. The highest BCUT2D eigenvalue weighted by atomic mass is 19.2. The monoisotopic (exact) mass is 423 g/mol. The molecular formula is C21H21F4N3O2. The van der Waals surface area contributed by atoms with Crippen LogP contribution in [0.5, 0.6) is 5.75 Å². The number of aromatic nitrogens is 1. The summed E-state index contributed by atoms with van der Waals surface area (Å²) < 4.78 is 61.0. The molecule has 0 amide bonds. The van der Waals surface area contributed by atoms with E-state index in [1.165, 1.54) is 31.5 Å². The third-order valence-corrected chi connectivity index (χ3v) is 5.32. The van der Waals surface area contributed by atoms with Gasteiger partial charge in [-0.3, -0.25) is 9.79 Å². The summed E-state index contributed by atoms with van der Waals surface area (Å²) >= 11 is 0. The fraction of sp³-hybridized carbons (Fsp3) is 0.381. The Kier molecular flexibility index (Phi) is 6.09. The number of carbonyl (C=O) groups excluding carboxylic acids is 1. The maximum atomic E-state index is 14.6. The fourth-order valence-corrected chi connectivity index (χ4v) is 3.40. The van der Waals surface area contributed by atoms with Gasteiger partial charge in [-0.05, 0) is 42.7 Å². The minimum Gasteiger partial charge on any atom is -0.495 e. The van der Waals surface area contributed by atoms with Gasteiger partial charge in [0.1, 0.15) is 42.0 Å². The summed E-state index contributed by atoms with van der Waals surface area (Å²) in [7, 11) is 1.47. The molecule has 160 valence electrons. The summed E-state index contributed by atoms with van der Waals surface area (Å²) in [6.07, 6.45) is 0.584. The second-order valence-corrected chi connectivity index (χ2v) is 7.26. The molecule has 2 heterocycles. The number of rotatable bonds is 7. The summed E-state index contributed by atoms with van der Waals surface area (Å²) in [5.41, 5.74) is 1.74. The molecule has 1 aliphatic heterocycles. The Morgan fingerprint density at radius 1 is 1.20 bits per heavy atom. The average molecular weight is 423 g/mol. The van der Waals surface area contributed by atoms with Crippen molar-refractivity contribution in [3.05, 3.63) is 59.2 Å². The Morgan fingerprint density at radius 3 is 2.53 bits per heavy atom. The van der Waals surface area contributed by atoms with Gasteiger partial charge in [-0.15, -0.1) is 0 Å². The number of benzene rings is 1. The Morgan fingerprint density at radius 2 is 1.97 bits per heavy atom. The Labute approximate surface area is 171 Å². The Balaban J connectivity index is 1.92. The molecule has 0 fully saturated rings. The number of amidine groups is 1. The molecule has 1 aromatic carbocycles. The number of ether oxygens (including phenoxy) is 1. The molecule has 5 nitrogen and oxygen atoms in total. The van der Waals surface area contributed by atoms with E-state index < -0.39 is 42.6 Å². The van der Waals surface area contributed by atoms with Crippen LogP contribution < -0.4 is 10.5 Å². The van der Waals surface area contributed by atoms with Crippen LogP contribution in [-0.4, -0.2) is 42.7 Å². The van der Waals surface area contributed by atoms with Gasteiger partial charge in [0.15, 0.2) is 11.5 Å². The van der Waals surface area contributed by atoms with Gasteiger partial charge in [-0.25, -0.2) is 22.5 Å². The zero-order chi connectivity index (χ0) is 21.9. The quantitative estimate of drug-likeness (QED) is 0.545. The second-order valence-electron chi connectivity index (χ2n) is 7.26. The molecule has 0 spiro atoms. The van der Waals surface area contributed by atoms with E-state index in [2.05, 4.69) is 9.98 Å². The first-order chi connectivity index (χ1) is 14.3. The van der Waals surface area contributed by atoms with E-state index in [0.29, 0.717) is 11.3 Å². The third kappa shape index (κ3) is 4.01. The van der Waals surface area contributed by atoms with Gasteiger partial charge in [-0.1, -0.05) is 6.07 Å². The van der Waals surface area contributed by atoms with Gasteiger partial charge in [0.2, 0.25) is 0 Å². The third-order valence-electron chi connectivity index (χ3n) is 5.32. The number of pyridine rings is 1. The summed E-state index contributed by atoms with van der Waals surface area (Å²) in [4.78, 5) is 20.4.